The zero-order valence-corrected chi connectivity index (χ0v) is 36.0. The summed E-state index contributed by atoms with van der Waals surface area (Å²) in [6.45, 7) is 14.1. The molecule has 62 heavy (non-hydrogen) atoms. The van der Waals surface area contributed by atoms with Gasteiger partial charge in [0.1, 0.15) is 35.2 Å². The number of nitrogens with zero attached hydrogens (tertiary/aromatic N) is 4. The number of aromatic nitrogens is 2. The molecule has 1 aliphatic rings. The highest BCUT2D eigenvalue weighted by Gasteiger charge is 2.32. The minimum absolute atomic E-state index is 0.0337. The molecule has 0 bridgehead atoms. The Bertz CT molecular complexity index is 3220. The van der Waals surface area contributed by atoms with Crippen LogP contribution in [-0.2, 0) is 10.8 Å². The van der Waals surface area contributed by atoms with Gasteiger partial charge in [-0.25, -0.2) is 4.98 Å². The number of rotatable bonds is 7. The Balaban J connectivity index is 1.01. The summed E-state index contributed by atoms with van der Waals surface area (Å²) in [4.78, 5) is 9.79. The summed E-state index contributed by atoms with van der Waals surface area (Å²) in [6.07, 6.45) is 1.92. The quantitative estimate of drug-likeness (QED) is 0.160. The van der Waals surface area contributed by atoms with E-state index in [1.165, 1.54) is 39.1 Å². The predicted octanol–water partition coefficient (Wildman–Crippen LogP) is 15.3. The zero-order valence-electron chi connectivity index (χ0n) is 36.0. The summed E-state index contributed by atoms with van der Waals surface area (Å²) in [5, 5.41) is 2.21. The lowest BCUT2D eigenvalue weighted by molar-refractivity contribution is 0.482. The monoisotopic (exact) mass is 808 g/mol. The Hall–Kier alpha value is -7.31. The average Bonchev–Trinajstić information content (AvgIpc) is 3.96. The summed E-state index contributed by atoms with van der Waals surface area (Å²) < 4.78 is 16.0. The van der Waals surface area contributed by atoms with E-state index in [1.807, 2.05) is 18.3 Å². The van der Waals surface area contributed by atoms with Crippen molar-refractivity contribution in [3.05, 3.63) is 181 Å². The van der Waals surface area contributed by atoms with Gasteiger partial charge in [-0.05, 0) is 70.0 Å². The first-order valence-corrected chi connectivity index (χ1v) is 21.5. The van der Waals surface area contributed by atoms with Crippen LogP contribution in [0.1, 0.15) is 52.7 Å². The molecule has 0 fully saturated rings. The van der Waals surface area contributed by atoms with Crippen molar-refractivity contribution in [1.29, 1.82) is 0 Å². The molecule has 6 nitrogen and oxygen atoms in total. The van der Waals surface area contributed by atoms with Gasteiger partial charge >= 0.3 is 0 Å². The van der Waals surface area contributed by atoms with E-state index in [4.69, 9.17) is 14.1 Å². The first-order valence-electron chi connectivity index (χ1n) is 21.5. The van der Waals surface area contributed by atoms with Crippen molar-refractivity contribution in [2.24, 2.45) is 0 Å². The van der Waals surface area contributed by atoms with E-state index in [0.717, 1.165) is 61.6 Å². The van der Waals surface area contributed by atoms with E-state index < -0.39 is 0 Å². The lowest BCUT2D eigenvalue weighted by atomic mass is 9.86. The van der Waals surface area contributed by atoms with Crippen LogP contribution in [0.4, 0.5) is 22.7 Å². The smallest absolute Gasteiger partial charge is 0.141 e. The van der Waals surface area contributed by atoms with Crippen LogP contribution in [-0.4, -0.2) is 16.2 Å². The fourth-order valence-corrected chi connectivity index (χ4v) is 9.35. The average molecular weight is 809 g/mol. The van der Waals surface area contributed by atoms with Crippen LogP contribution in [0.2, 0.25) is 0 Å². The highest BCUT2D eigenvalue weighted by atomic mass is 16.5. The van der Waals surface area contributed by atoms with E-state index in [1.54, 1.807) is 0 Å². The minimum Gasteiger partial charge on any atom is -0.457 e. The molecule has 0 saturated heterocycles. The molecular weight excluding hydrogens is 761 g/mol. The van der Waals surface area contributed by atoms with Gasteiger partial charge in [0.15, 0.2) is 0 Å². The first kappa shape index (κ1) is 37.7. The standard InChI is InChI=1S/C56H48N4O2/c1-55(2,3)38-29-30-57-50(31-38)60-47-28-27-44(56(4,5)6)54-52(47)51-48(60)33-41(34-49(51)62-54)61-40-22-15-21-39(32-40)58-35-59(46-26-14-13-25-45(46)58)53-42(36-17-9-7-10-18-36)23-16-24-43(53)37-19-11-8-12-20-37/h7-34H,35H2,1-6H3. The lowest BCUT2D eigenvalue weighted by Gasteiger charge is -2.27. The summed E-state index contributed by atoms with van der Waals surface area (Å²) in [7, 11) is 0. The van der Waals surface area contributed by atoms with Gasteiger partial charge in [0.05, 0.1) is 38.9 Å². The molecule has 0 atom stereocenters. The molecule has 1 aliphatic heterocycles. The van der Waals surface area contributed by atoms with E-state index in [0.29, 0.717) is 12.4 Å². The second kappa shape index (κ2) is 14.1. The summed E-state index contributed by atoms with van der Waals surface area (Å²) in [5.41, 5.74) is 15.3. The largest absolute Gasteiger partial charge is 0.457 e. The van der Waals surface area contributed by atoms with E-state index >= 15 is 0 Å². The number of hydrogen-bond donors (Lipinski definition) is 0. The van der Waals surface area contributed by atoms with Crippen molar-refractivity contribution in [2.75, 3.05) is 16.5 Å². The molecule has 304 valence electrons. The summed E-state index contributed by atoms with van der Waals surface area (Å²) in [6, 6.07) is 58.1. The second-order valence-corrected chi connectivity index (χ2v) is 18.5. The molecule has 3 aromatic heterocycles. The second-order valence-electron chi connectivity index (χ2n) is 18.5. The molecule has 11 rings (SSSR count). The number of hydrogen-bond acceptors (Lipinski definition) is 5. The van der Waals surface area contributed by atoms with Gasteiger partial charge in [-0.2, -0.15) is 0 Å². The predicted molar refractivity (Wildman–Crippen MR) is 256 cm³/mol. The maximum absolute atomic E-state index is 6.88. The van der Waals surface area contributed by atoms with E-state index in [-0.39, 0.29) is 10.8 Å². The van der Waals surface area contributed by atoms with Crippen LogP contribution in [0.5, 0.6) is 11.5 Å². The van der Waals surface area contributed by atoms with Crippen molar-refractivity contribution in [3.63, 3.8) is 0 Å². The number of furan rings is 1. The maximum Gasteiger partial charge on any atom is 0.141 e. The molecule has 0 spiro atoms. The molecular formula is C56H48N4O2. The molecule has 0 saturated carbocycles. The highest BCUT2D eigenvalue weighted by molar-refractivity contribution is 6.24. The fourth-order valence-electron chi connectivity index (χ4n) is 9.35. The SMILES string of the molecule is CC(C)(C)c1ccnc(-n2c3cc(Oc4cccc(N5CN(c6c(-c7ccccc7)cccc6-c6ccccc6)c6ccccc65)c4)cc4oc5c(C(C)(C)C)ccc2c5c43)c1. The third-order valence-electron chi connectivity index (χ3n) is 12.4. The third-order valence-corrected chi connectivity index (χ3v) is 12.4. The van der Waals surface area contributed by atoms with Crippen LogP contribution in [0.15, 0.2) is 174 Å². The third kappa shape index (κ3) is 6.20. The Kier molecular flexibility index (Phi) is 8.59. The van der Waals surface area contributed by atoms with Gasteiger partial charge in [0.2, 0.25) is 0 Å². The van der Waals surface area contributed by atoms with Gasteiger partial charge in [-0.15, -0.1) is 0 Å². The van der Waals surface area contributed by atoms with E-state index in [9.17, 15) is 0 Å². The summed E-state index contributed by atoms with van der Waals surface area (Å²) in [5.74, 6) is 2.31. The normalized spacial score (nSPS) is 13.2. The topological polar surface area (TPSA) is 46.7 Å². The minimum atomic E-state index is -0.110. The lowest BCUT2D eigenvalue weighted by Crippen LogP contribution is -2.24. The fraction of sp³-hybridized carbons (Fsp3) is 0.161. The van der Waals surface area contributed by atoms with Crippen molar-refractivity contribution in [1.82, 2.24) is 9.55 Å². The van der Waals surface area contributed by atoms with Crippen molar-refractivity contribution < 1.29 is 9.15 Å². The van der Waals surface area contributed by atoms with Crippen LogP contribution < -0.4 is 14.5 Å². The van der Waals surface area contributed by atoms with Crippen molar-refractivity contribution >= 4 is 55.7 Å². The Morgan fingerprint density at radius 2 is 1.21 bits per heavy atom. The Morgan fingerprint density at radius 3 is 1.89 bits per heavy atom. The van der Waals surface area contributed by atoms with Crippen molar-refractivity contribution in [3.8, 4) is 39.6 Å². The summed E-state index contributed by atoms with van der Waals surface area (Å²) >= 11 is 0. The van der Waals surface area contributed by atoms with Crippen molar-refractivity contribution in [2.45, 2.75) is 52.4 Å². The van der Waals surface area contributed by atoms with Crippen LogP contribution in [0, 0.1) is 0 Å². The highest BCUT2D eigenvalue weighted by Crippen LogP contribution is 2.51. The zero-order chi connectivity index (χ0) is 42.3. The Morgan fingerprint density at radius 1 is 0.548 bits per heavy atom. The van der Waals surface area contributed by atoms with Crippen LogP contribution >= 0.6 is 0 Å². The Labute approximate surface area is 362 Å². The van der Waals surface area contributed by atoms with E-state index in [2.05, 4.69) is 208 Å². The number of pyridine rings is 1. The number of para-hydroxylation sites is 3. The molecule has 10 aromatic rings. The molecule has 0 unspecified atom stereocenters. The van der Waals surface area contributed by atoms with Gasteiger partial charge in [-0.3, -0.25) is 4.57 Å². The van der Waals surface area contributed by atoms with Gasteiger partial charge in [0.25, 0.3) is 0 Å². The van der Waals surface area contributed by atoms with Gasteiger partial charge in [-0.1, -0.05) is 145 Å². The van der Waals surface area contributed by atoms with Gasteiger partial charge in [0, 0.05) is 46.8 Å². The molecule has 7 aromatic carbocycles. The molecule has 6 heteroatoms. The van der Waals surface area contributed by atoms with Crippen LogP contribution in [0.3, 0.4) is 0 Å². The molecule has 0 radical (unpaired) electrons. The number of benzene rings is 7. The maximum atomic E-state index is 6.88. The number of fused-ring (bicyclic) bond motifs is 1. The van der Waals surface area contributed by atoms with Crippen LogP contribution in [0.25, 0.3) is 61.0 Å². The van der Waals surface area contributed by atoms with Gasteiger partial charge < -0.3 is 19.0 Å². The number of ether oxygens (including phenoxy) is 1. The molecule has 0 aliphatic carbocycles. The molecule has 0 amide bonds. The molecule has 0 N–H and O–H groups in total. The molecule has 4 heterocycles. The first-order chi connectivity index (χ1) is 30.0. The number of anilines is 4.